The highest BCUT2D eigenvalue weighted by molar-refractivity contribution is 14.1. The highest BCUT2D eigenvalue weighted by atomic mass is 127. The van der Waals surface area contributed by atoms with Crippen LogP contribution in [0.5, 0.6) is 0 Å². The predicted molar refractivity (Wildman–Crippen MR) is 99.7 cm³/mol. The lowest BCUT2D eigenvalue weighted by molar-refractivity contribution is 0.0986. The molecular weight excluding hydrogens is 443 g/mol. The summed E-state index contributed by atoms with van der Waals surface area (Å²) in [6, 6.07) is 13.1. The lowest BCUT2D eigenvalue weighted by atomic mass is 10.1. The third kappa shape index (κ3) is 3.97. The van der Waals surface area contributed by atoms with E-state index >= 15 is 0 Å². The van der Waals surface area contributed by atoms with Crippen molar-refractivity contribution >= 4 is 55.8 Å². The first kappa shape index (κ1) is 16.3. The van der Waals surface area contributed by atoms with E-state index in [9.17, 15) is 4.79 Å². The number of benzene rings is 2. The minimum atomic E-state index is 0.00678. The van der Waals surface area contributed by atoms with Crippen LogP contribution in [0.15, 0.2) is 46.9 Å². The van der Waals surface area contributed by atoms with Gasteiger partial charge in [-0.15, -0.1) is 0 Å². The van der Waals surface area contributed by atoms with Crippen LogP contribution in [0.2, 0.25) is 0 Å². The van der Waals surface area contributed by atoms with Crippen molar-refractivity contribution < 1.29 is 4.79 Å². The summed E-state index contributed by atoms with van der Waals surface area (Å²) in [5.74, 6) is 0.00678. The van der Waals surface area contributed by atoms with Crippen molar-refractivity contribution in [3.05, 3.63) is 56.1 Å². The number of carbonyl (C=O) groups is 1. The summed E-state index contributed by atoms with van der Waals surface area (Å²) in [6.45, 7) is 2.73. The molecule has 0 aliphatic rings. The van der Waals surface area contributed by atoms with Crippen LogP contribution in [0.25, 0.3) is 0 Å². The molecule has 5 heteroatoms. The molecule has 0 aliphatic heterocycles. The summed E-state index contributed by atoms with van der Waals surface area (Å²) in [5, 5.41) is 0. The molecule has 110 valence electrons. The van der Waals surface area contributed by atoms with Gasteiger partial charge in [-0.05, 0) is 71.5 Å². The van der Waals surface area contributed by atoms with Gasteiger partial charge < -0.3 is 10.6 Å². The number of anilines is 2. The second kappa shape index (κ2) is 7.26. The first-order chi connectivity index (χ1) is 10.0. The van der Waals surface area contributed by atoms with E-state index in [1.165, 1.54) is 0 Å². The Morgan fingerprint density at radius 1 is 1.24 bits per heavy atom. The molecule has 21 heavy (non-hydrogen) atoms. The van der Waals surface area contributed by atoms with Gasteiger partial charge in [-0.3, -0.25) is 4.79 Å². The minimum Gasteiger partial charge on any atom is -0.399 e. The summed E-state index contributed by atoms with van der Waals surface area (Å²) >= 11 is 5.62. The van der Waals surface area contributed by atoms with Crippen molar-refractivity contribution in [1.29, 1.82) is 0 Å². The van der Waals surface area contributed by atoms with E-state index in [0.717, 1.165) is 20.2 Å². The molecule has 0 saturated carbocycles. The van der Waals surface area contributed by atoms with Crippen molar-refractivity contribution in [1.82, 2.24) is 0 Å². The van der Waals surface area contributed by atoms with E-state index in [1.807, 2.05) is 42.5 Å². The normalized spacial score (nSPS) is 10.4. The molecule has 2 rings (SSSR count). The summed E-state index contributed by atoms with van der Waals surface area (Å²) in [5.41, 5.74) is 7.99. The quantitative estimate of drug-likeness (QED) is 0.533. The first-order valence-electron chi connectivity index (χ1n) is 6.65. The van der Waals surface area contributed by atoms with Crippen LogP contribution in [0.4, 0.5) is 11.4 Å². The van der Waals surface area contributed by atoms with Crippen molar-refractivity contribution in [3.63, 3.8) is 0 Å². The highest BCUT2D eigenvalue weighted by Gasteiger charge is 2.19. The van der Waals surface area contributed by atoms with Gasteiger partial charge in [0.1, 0.15) is 0 Å². The molecule has 0 unspecified atom stereocenters. The van der Waals surface area contributed by atoms with E-state index in [0.29, 0.717) is 17.8 Å². The van der Waals surface area contributed by atoms with Crippen LogP contribution >= 0.6 is 38.5 Å². The van der Waals surface area contributed by atoms with Crippen LogP contribution in [0, 0.1) is 3.57 Å². The Labute approximate surface area is 146 Å². The molecule has 0 spiro atoms. The molecule has 0 aliphatic carbocycles. The maximum atomic E-state index is 12.9. The first-order valence-corrected chi connectivity index (χ1v) is 8.52. The molecule has 0 fully saturated rings. The molecule has 1 amide bonds. The van der Waals surface area contributed by atoms with E-state index in [-0.39, 0.29) is 5.91 Å². The zero-order valence-electron chi connectivity index (χ0n) is 11.6. The van der Waals surface area contributed by atoms with Gasteiger partial charge in [-0.1, -0.05) is 22.9 Å². The summed E-state index contributed by atoms with van der Waals surface area (Å²) in [7, 11) is 0. The molecule has 0 saturated heterocycles. The number of rotatable bonds is 4. The average Bonchev–Trinajstić information content (AvgIpc) is 2.48. The smallest absolute Gasteiger partial charge is 0.259 e. The van der Waals surface area contributed by atoms with Crippen LogP contribution in [-0.2, 0) is 0 Å². The molecule has 0 bridgehead atoms. The summed E-state index contributed by atoms with van der Waals surface area (Å²) in [4.78, 5) is 14.7. The van der Waals surface area contributed by atoms with Crippen molar-refractivity contribution in [2.45, 2.75) is 13.3 Å². The van der Waals surface area contributed by atoms with Gasteiger partial charge >= 0.3 is 0 Å². The van der Waals surface area contributed by atoms with E-state index < -0.39 is 0 Å². The number of nitrogens with zero attached hydrogens (tertiary/aromatic N) is 1. The monoisotopic (exact) mass is 458 g/mol. The fraction of sp³-hybridized carbons (Fsp3) is 0.188. The fourth-order valence-electron chi connectivity index (χ4n) is 2.03. The third-order valence-electron chi connectivity index (χ3n) is 3.06. The zero-order chi connectivity index (χ0) is 15.4. The van der Waals surface area contributed by atoms with Crippen LogP contribution in [0.3, 0.4) is 0 Å². The number of nitrogen functional groups attached to an aromatic ring is 1. The van der Waals surface area contributed by atoms with Gasteiger partial charge in [0.15, 0.2) is 0 Å². The molecule has 2 aromatic rings. The number of nitrogens with two attached hydrogens (primary N) is 1. The van der Waals surface area contributed by atoms with Gasteiger partial charge in [0.05, 0.1) is 5.56 Å². The summed E-state index contributed by atoms with van der Waals surface area (Å²) in [6.07, 6.45) is 0.890. The Bertz CT molecular complexity index is 643. The number of halogens is 2. The van der Waals surface area contributed by atoms with Crippen LogP contribution < -0.4 is 10.6 Å². The predicted octanol–water partition coefficient (Wildman–Crippen LogP) is 4.69. The molecular formula is C16H16BrIN2O. The van der Waals surface area contributed by atoms with Crippen LogP contribution in [0.1, 0.15) is 23.7 Å². The standard InChI is InChI=1S/C16H16BrIN2O/c1-2-9-20(13-6-4-12(19)5-7-13)16(21)14-10-11(17)3-8-15(14)18/h3-8,10H,2,9,19H2,1H3. The lowest BCUT2D eigenvalue weighted by Crippen LogP contribution is -2.32. The second-order valence-corrected chi connectivity index (χ2v) is 6.75. The molecule has 0 heterocycles. The van der Waals surface area contributed by atoms with Gasteiger partial charge in [-0.25, -0.2) is 0 Å². The molecule has 2 N–H and O–H groups in total. The maximum absolute atomic E-state index is 12.9. The number of amides is 1. The molecule has 0 aromatic heterocycles. The molecule has 2 aromatic carbocycles. The topological polar surface area (TPSA) is 46.3 Å². The van der Waals surface area contributed by atoms with Crippen molar-refractivity contribution in [3.8, 4) is 0 Å². The molecule has 0 radical (unpaired) electrons. The number of hydrogen-bond acceptors (Lipinski definition) is 2. The molecule has 0 atom stereocenters. The number of hydrogen-bond donors (Lipinski definition) is 1. The Balaban J connectivity index is 2.39. The highest BCUT2D eigenvalue weighted by Crippen LogP contribution is 2.24. The maximum Gasteiger partial charge on any atom is 0.259 e. The zero-order valence-corrected chi connectivity index (χ0v) is 15.4. The second-order valence-electron chi connectivity index (χ2n) is 4.67. The van der Waals surface area contributed by atoms with Gasteiger partial charge in [0.2, 0.25) is 0 Å². The van der Waals surface area contributed by atoms with Crippen molar-refractivity contribution in [2.75, 3.05) is 17.2 Å². The van der Waals surface area contributed by atoms with E-state index in [4.69, 9.17) is 5.73 Å². The molecule has 3 nitrogen and oxygen atoms in total. The summed E-state index contributed by atoms with van der Waals surface area (Å²) < 4.78 is 1.84. The SMILES string of the molecule is CCCN(C(=O)c1cc(Br)ccc1I)c1ccc(N)cc1. The van der Waals surface area contributed by atoms with E-state index in [2.05, 4.69) is 45.4 Å². The van der Waals surface area contributed by atoms with Gasteiger partial charge in [0, 0.05) is 26.0 Å². The average molecular weight is 459 g/mol. The van der Waals surface area contributed by atoms with E-state index in [1.54, 1.807) is 4.90 Å². The Morgan fingerprint density at radius 2 is 1.90 bits per heavy atom. The fourth-order valence-corrected chi connectivity index (χ4v) is 2.96. The Hall–Kier alpha value is -1.08. The largest absolute Gasteiger partial charge is 0.399 e. The Kier molecular flexibility index (Phi) is 5.64. The number of carbonyl (C=O) groups excluding carboxylic acids is 1. The third-order valence-corrected chi connectivity index (χ3v) is 4.49. The lowest BCUT2D eigenvalue weighted by Gasteiger charge is -2.23. The van der Waals surface area contributed by atoms with Crippen LogP contribution in [-0.4, -0.2) is 12.5 Å². The van der Waals surface area contributed by atoms with Gasteiger partial charge in [-0.2, -0.15) is 0 Å². The van der Waals surface area contributed by atoms with Crippen molar-refractivity contribution in [2.24, 2.45) is 0 Å². The minimum absolute atomic E-state index is 0.00678. The van der Waals surface area contributed by atoms with Gasteiger partial charge in [0.25, 0.3) is 5.91 Å². The Morgan fingerprint density at radius 3 is 2.52 bits per heavy atom.